The van der Waals surface area contributed by atoms with Gasteiger partial charge in [-0.05, 0) is 70.4 Å². The largest absolute Gasteiger partial charge is 0.309 e. The summed E-state index contributed by atoms with van der Waals surface area (Å²) in [6, 6.07) is 6.88. The van der Waals surface area contributed by atoms with Gasteiger partial charge < -0.3 is 4.90 Å². The van der Waals surface area contributed by atoms with Gasteiger partial charge in [0.25, 0.3) is 17.4 Å². The Morgan fingerprint density at radius 1 is 1.06 bits per heavy atom. The molecule has 3 heterocycles. The number of carbonyl (C=O) groups is 2. The number of rotatable bonds is 7. The van der Waals surface area contributed by atoms with Crippen LogP contribution in [0.15, 0.2) is 34.2 Å². The average Bonchev–Trinajstić information content (AvgIpc) is 3.29. The molecule has 0 atom stereocenters. The molecule has 0 unspecified atom stereocenters. The van der Waals surface area contributed by atoms with E-state index in [4.69, 9.17) is 4.98 Å². The summed E-state index contributed by atoms with van der Waals surface area (Å²) < 4.78 is 1.75. The minimum Gasteiger partial charge on any atom is -0.309 e. The van der Waals surface area contributed by atoms with Gasteiger partial charge in [0.05, 0.1) is 22.4 Å². The molecule has 1 aliphatic heterocycles. The molecular formula is C24H26N4O3S2. The van der Waals surface area contributed by atoms with Crippen LogP contribution < -0.4 is 5.56 Å². The number of aryl methyl sites for hydroxylation is 2. The van der Waals surface area contributed by atoms with Crippen molar-refractivity contribution in [3.63, 3.8) is 0 Å². The Hall–Kier alpha value is -2.49. The minimum absolute atomic E-state index is 0.00279. The molecule has 2 aliphatic rings. The third-order valence-corrected chi connectivity index (χ3v) is 8.37. The number of amides is 2. The van der Waals surface area contributed by atoms with Crippen molar-refractivity contribution in [2.75, 3.05) is 26.5 Å². The lowest BCUT2D eigenvalue weighted by Crippen LogP contribution is -2.30. The first kappa shape index (κ1) is 22.3. The van der Waals surface area contributed by atoms with Crippen molar-refractivity contribution >= 4 is 45.1 Å². The van der Waals surface area contributed by atoms with Gasteiger partial charge in [0.1, 0.15) is 4.83 Å². The van der Waals surface area contributed by atoms with Gasteiger partial charge in [-0.2, -0.15) is 0 Å². The van der Waals surface area contributed by atoms with E-state index >= 15 is 0 Å². The van der Waals surface area contributed by atoms with E-state index in [0.29, 0.717) is 22.8 Å². The van der Waals surface area contributed by atoms with E-state index in [1.807, 2.05) is 14.1 Å². The van der Waals surface area contributed by atoms with Crippen LogP contribution in [0.25, 0.3) is 10.2 Å². The number of imide groups is 1. The summed E-state index contributed by atoms with van der Waals surface area (Å²) in [5, 5.41) is 1.34. The minimum atomic E-state index is -0.294. The van der Waals surface area contributed by atoms with Crippen molar-refractivity contribution in [2.45, 2.75) is 43.8 Å². The van der Waals surface area contributed by atoms with E-state index < -0.39 is 0 Å². The molecule has 1 aliphatic carbocycles. The van der Waals surface area contributed by atoms with Crippen molar-refractivity contribution in [2.24, 2.45) is 0 Å². The van der Waals surface area contributed by atoms with Crippen LogP contribution in [0.4, 0.5) is 0 Å². The summed E-state index contributed by atoms with van der Waals surface area (Å²) in [4.78, 5) is 49.4. The van der Waals surface area contributed by atoms with Crippen LogP contribution in [0.5, 0.6) is 0 Å². The van der Waals surface area contributed by atoms with Crippen LogP contribution in [0.3, 0.4) is 0 Å². The predicted molar refractivity (Wildman–Crippen MR) is 131 cm³/mol. The fourth-order valence-electron chi connectivity index (χ4n) is 4.55. The van der Waals surface area contributed by atoms with Gasteiger partial charge in [0, 0.05) is 11.4 Å². The second-order valence-electron chi connectivity index (χ2n) is 8.76. The zero-order valence-electron chi connectivity index (χ0n) is 18.8. The molecule has 2 amide bonds. The van der Waals surface area contributed by atoms with Gasteiger partial charge in [-0.1, -0.05) is 23.9 Å². The standard InChI is InChI=1S/C24H26N4O3S2/c1-26(2)12-7-13-27-23(31)19-17-10-5-6-11-18(17)33-20(19)25-24(27)32-14-28-21(29)15-8-3-4-9-16(15)22(28)30/h3-4,8-9H,5-7,10-14H2,1-2H3. The number of carbonyl (C=O) groups excluding carboxylic acids is 2. The third kappa shape index (κ3) is 4.02. The maximum absolute atomic E-state index is 13.6. The Labute approximate surface area is 200 Å². The molecule has 0 fully saturated rings. The lowest BCUT2D eigenvalue weighted by atomic mass is 9.97. The molecule has 33 heavy (non-hydrogen) atoms. The molecule has 0 spiro atoms. The van der Waals surface area contributed by atoms with E-state index in [1.165, 1.54) is 27.1 Å². The second kappa shape index (κ2) is 9.04. The summed E-state index contributed by atoms with van der Waals surface area (Å²) in [5.41, 5.74) is 2.04. The van der Waals surface area contributed by atoms with Crippen LogP contribution >= 0.6 is 23.1 Å². The summed E-state index contributed by atoms with van der Waals surface area (Å²) in [6.07, 6.45) is 5.01. The van der Waals surface area contributed by atoms with Gasteiger partial charge in [-0.25, -0.2) is 4.98 Å². The Morgan fingerprint density at radius 2 is 1.76 bits per heavy atom. The fourth-order valence-corrected chi connectivity index (χ4v) is 6.83. The maximum atomic E-state index is 13.6. The van der Waals surface area contributed by atoms with E-state index in [2.05, 4.69) is 4.90 Å². The summed E-state index contributed by atoms with van der Waals surface area (Å²) in [5.74, 6) is -0.460. The fraction of sp³-hybridized carbons (Fsp3) is 0.417. The number of thiophene rings is 1. The molecule has 3 aromatic rings. The molecule has 7 nitrogen and oxygen atoms in total. The Balaban J connectivity index is 1.48. The molecule has 0 radical (unpaired) electrons. The summed E-state index contributed by atoms with van der Waals surface area (Å²) in [7, 11) is 4.02. The molecule has 0 saturated heterocycles. The van der Waals surface area contributed by atoms with E-state index in [9.17, 15) is 14.4 Å². The molecule has 5 rings (SSSR count). The highest BCUT2D eigenvalue weighted by Gasteiger charge is 2.35. The molecule has 1 aromatic carbocycles. The number of hydrogen-bond donors (Lipinski definition) is 0. The monoisotopic (exact) mass is 482 g/mol. The van der Waals surface area contributed by atoms with Crippen molar-refractivity contribution in [3.8, 4) is 0 Å². The lowest BCUT2D eigenvalue weighted by Gasteiger charge is -2.17. The number of benzene rings is 1. The Kier molecular flexibility index (Phi) is 6.11. The van der Waals surface area contributed by atoms with Gasteiger partial charge in [-0.15, -0.1) is 11.3 Å². The van der Waals surface area contributed by atoms with Crippen LogP contribution in [0.1, 0.15) is 50.4 Å². The SMILES string of the molecule is CN(C)CCCn1c(SCN2C(=O)c3ccccc3C2=O)nc2sc3c(c2c1=O)CCCC3. The number of hydrogen-bond acceptors (Lipinski definition) is 7. The second-order valence-corrected chi connectivity index (χ2v) is 10.8. The summed E-state index contributed by atoms with van der Waals surface area (Å²) in [6.45, 7) is 1.41. The zero-order chi connectivity index (χ0) is 23.1. The number of thioether (sulfide) groups is 1. The first-order valence-electron chi connectivity index (χ1n) is 11.2. The van der Waals surface area contributed by atoms with E-state index in [1.54, 1.807) is 40.2 Å². The normalized spacial score (nSPS) is 15.5. The average molecular weight is 483 g/mol. The highest BCUT2D eigenvalue weighted by molar-refractivity contribution is 7.99. The first-order valence-corrected chi connectivity index (χ1v) is 13.0. The molecule has 0 N–H and O–H groups in total. The molecular weight excluding hydrogens is 456 g/mol. The van der Waals surface area contributed by atoms with Crippen molar-refractivity contribution in [3.05, 3.63) is 56.2 Å². The maximum Gasteiger partial charge on any atom is 0.263 e. The predicted octanol–water partition coefficient (Wildman–Crippen LogP) is 3.63. The smallest absolute Gasteiger partial charge is 0.263 e. The van der Waals surface area contributed by atoms with Crippen molar-refractivity contribution in [1.29, 1.82) is 0 Å². The molecule has 172 valence electrons. The van der Waals surface area contributed by atoms with Crippen molar-refractivity contribution in [1.82, 2.24) is 19.4 Å². The lowest BCUT2D eigenvalue weighted by molar-refractivity contribution is 0.0684. The van der Waals surface area contributed by atoms with Crippen LogP contribution in [0.2, 0.25) is 0 Å². The van der Waals surface area contributed by atoms with Gasteiger partial charge in [-0.3, -0.25) is 23.9 Å². The molecule has 0 bridgehead atoms. The highest BCUT2D eigenvalue weighted by atomic mass is 32.2. The molecule has 2 aromatic heterocycles. The van der Waals surface area contributed by atoms with Gasteiger partial charge in [0.2, 0.25) is 0 Å². The van der Waals surface area contributed by atoms with Crippen molar-refractivity contribution < 1.29 is 9.59 Å². The third-order valence-electron chi connectivity index (χ3n) is 6.23. The first-order chi connectivity index (χ1) is 16.0. The molecule has 9 heteroatoms. The highest BCUT2D eigenvalue weighted by Crippen LogP contribution is 2.35. The number of nitrogens with zero attached hydrogens (tertiary/aromatic N) is 4. The van der Waals surface area contributed by atoms with Crippen LogP contribution in [-0.2, 0) is 19.4 Å². The van der Waals surface area contributed by atoms with E-state index in [-0.39, 0.29) is 23.3 Å². The van der Waals surface area contributed by atoms with Gasteiger partial charge in [0.15, 0.2) is 5.16 Å². The van der Waals surface area contributed by atoms with Gasteiger partial charge >= 0.3 is 0 Å². The Bertz CT molecular complexity index is 1280. The number of aromatic nitrogens is 2. The number of fused-ring (bicyclic) bond motifs is 4. The molecule has 0 saturated carbocycles. The van der Waals surface area contributed by atoms with Crippen LogP contribution in [-0.4, -0.2) is 57.7 Å². The Morgan fingerprint density at radius 3 is 2.45 bits per heavy atom. The van der Waals surface area contributed by atoms with E-state index in [0.717, 1.165) is 48.9 Å². The topological polar surface area (TPSA) is 75.5 Å². The van der Waals surface area contributed by atoms with Crippen LogP contribution in [0, 0.1) is 0 Å². The zero-order valence-corrected chi connectivity index (χ0v) is 20.4. The quantitative estimate of drug-likeness (QED) is 0.291. The summed E-state index contributed by atoms with van der Waals surface area (Å²) >= 11 is 2.91.